The smallest absolute Gasteiger partial charge is 0.323 e. The summed E-state index contributed by atoms with van der Waals surface area (Å²) in [6.45, 7) is 13.2. The summed E-state index contributed by atoms with van der Waals surface area (Å²) < 4.78 is 65.5. The van der Waals surface area contributed by atoms with Crippen molar-refractivity contribution in [3.05, 3.63) is 65.3 Å². The molecule has 2 aromatic carbocycles. The molecule has 14 nitrogen and oxygen atoms in total. The van der Waals surface area contributed by atoms with Gasteiger partial charge in [-0.15, -0.1) is 0 Å². The summed E-state index contributed by atoms with van der Waals surface area (Å²) in [7, 11) is -2.48. The van der Waals surface area contributed by atoms with Gasteiger partial charge in [-0.05, 0) is 89.4 Å². The second kappa shape index (κ2) is 18.5. The summed E-state index contributed by atoms with van der Waals surface area (Å²) in [5.41, 5.74) is 1.66. The zero-order valence-corrected chi connectivity index (χ0v) is 32.8. The van der Waals surface area contributed by atoms with E-state index in [0.717, 1.165) is 38.1 Å². The highest BCUT2D eigenvalue weighted by atomic mass is 32.2. The van der Waals surface area contributed by atoms with E-state index in [1.54, 1.807) is 36.9 Å². The number of nitrogens with one attached hydrogen (secondary N) is 2. The van der Waals surface area contributed by atoms with Gasteiger partial charge in [0.25, 0.3) is 5.91 Å². The van der Waals surface area contributed by atoms with Crippen molar-refractivity contribution in [2.24, 2.45) is 5.92 Å². The lowest BCUT2D eigenvalue weighted by Crippen LogP contribution is -2.51. The number of halogens is 1. The van der Waals surface area contributed by atoms with E-state index in [0.29, 0.717) is 61.4 Å². The molecule has 4 atom stereocenters. The largest absolute Gasteiger partial charge is 0.490 e. The number of anilines is 2. The number of likely N-dealkylation sites (N-methyl/N-ethyl adjacent to an activating group) is 1. The number of urea groups is 1. The molecule has 3 aromatic rings. The van der Waals surface area contributed by atoms with E-state index in [4.69, 9.17) is 18.7 Å². The van der Waals surface area contributed by atoms with Crippen molar-refractivity contribution in [3.8, 4) is 5.75 Å². The third-order valence-electron chi connectivity index (χ3n) is 9.90. The Balaban J connectivity index is 1.46. The topological polar surface area (TPSA) is 156 Å². The highest BCUT2D eigenvalue weighted by Gasteiger charge is 2.33. The van der Waals surface area contributed by atoms with Gasteiger partial charge in [0.15, 0.2) is 5.76 Å². The molecule has 0 saturated carbocycles. The fourth-order valence-corrected chi connectivity index (χ4v) is 7.88. The molecule has 2 aliphatic heterocycles. The van der Waals surface area contributed by atoms with E-state index < -0.39 is 28.0 Å². The number of fused-ring (bicyclic) bond motifs is 1. The van der Waals surface area contributed by atoms with Crippen molar-refractivity contribution < 1.29 is 41.1 Å². The van der Waals surface area contributed by atoms with Gasteiger partial charge in [-0.25, -0.2) is 17.6 Å². The van der Waals surface area contributed by atoms with Crippen molar-refractivity contribution >= 4 is 33.3 Å². The first-order valence-electron chi connectivity index (χ1n) is 18.5. The SMILES string of the molecule is Cc1noc(C)c1NC(=O)Nc1ccc2c(c1)C(=O)N([C@@H](C)CN1CCOCC1)C[C@@H](C)[C@H](CN(C)S(=O)(=O)c1ccc(F)cc1)OCCCC[C@H](C)O2. The molecule has 0 radical (unpaired) electrons. The monoisotopic (exact) mass is 772 g/mol. The van der Waals surface area contributed by atoms with Gasteiger partial charge in [0, 0.05) is 64.0 Å². The molecule has 296 valence electrons. The van der Waals surface area contributed by atoms with Crippen molar-refractivity contribution in [2.45, 2.75) is 77.0 Å². The minimum Gasteiger partial charge on any atom is -0.490 e. The maximum atomic E-state index is 14.9. The fraction of sp³-hybridized carbons (Fsp3) is 0.553. The summed E-state index contributed by atoms with van der Waals surface area (Å²) in [6.07, 6.45) is 1.37. The Hall–Kier alpha value is -4.09. The van der Waals surface area contributed by atoms with E-state index in [-0.39, 0.29) is 47.5 Å². The number of amides is 3. The number of nitrogens with zero attached hydrogens (tertiary/aromatic N) is 4. The summed E-state index contributed by atoms with van der Waals surface area (Å²) in [6, 6.07) is 8.95. The number of sulfonamides is 1. The fourth-order valence-electron chi connectivity index (χ4n) is 6.70. The molecule has 2 aliphatic rings. The van der Waals surface area contributed by atoms with Gasteiger partial charge in [0.1, 0.15) is 22.9 Å². The molecule has 5 rings (SSSR count). The second-order valence-electron chi connectivity index (χ2n) is 14.3. The van der Waals surface area contributed by atoms with E-state index in [9.17, 15) is 22.4 Å². The number of carbonyl (C=O) groups excluding carboxylic acids is 2. The van der Waals surface area contributed by atoms with Crippen LogP contribution in [0.15, 0.2) is 51.9 Å². The van der Waals surface area contributed by atoms with Gasteiger partial charge in [-0.3, -0.25) is 9.69 Å². The van der Waals surface area contributed by atoms with Crippen LogP contribution < -0.4 is 15.4 Å². The average Bonchev–Trinajstić information content (AvgIpc) is 3.45. The molecule has 1 aromatic heterocycles. The Morgan fingerprint density at radius 3 is 2.46 bits per heavy atom. The van der Waals surface area contributed by atoms with Crippen LogP contribution in [0.1, 0.15) is 61.8 Å². The zero-order chi connectivity index (χ0) is 39.0. The van der Waals surface area contributed by atoms with Crippen LogP contribution in [-0.4, -0.2) is 117 Å². The molecular formula is C38H53FN6O8S. The Kier molecular flexibility index (Phi) is 14.1. The molecule has 1 saturated heterocycles. The van der Waals surface area contributed by atoms with Crippen molar-refractivity contribution in [1.29, 1.82) is 0 Å². The molecular weight excluding hydrogens is 720 g/mol. The number of carbonyl (C=O) groups is 2. The average molecular weight is 773 g/mol. The number of aromatic nitrogens is 1. The van der Waals surface area contributed by atoms with E-state index in [1.807, 2.05) is 20.8 Å². The minimum atomic E-state index is -3.96. The zero-order valence-electron chi connectivity index (χ0n) is 32.0. The number of morpholine rings is 1. The van der Waals surface area contributed by atoms with E-state index in [2.05, 4.69) is 20.7 Å². The van der Waals surface area contributed by atoms with Gasteiger partial charge < -0.3 is 34.3 Å². The Labute approximate surface area is 317 Å². The Morgan fingerprint density at radius 1 is 1.06 bits per heavy atom. The lowest BCUT2D eigenvalue weighted by molar-refractivity contribution is -0.0107. The molecule has 16 heteroatoms. The van der Waals surface area contributed by atoms with Crippen LogP contribution in [0.25, 0.3) is 0 Å². The first-order chi connectivity index (χ1) is 25.7. The molecule has 0 spiro atoms. The third-order valence-corrected chi connectivity index (χ3v) is 11.7. The quantitative estimate of drug-likeness (QED) is 0.284. The van der Waals surface area contributed by atoms with Gasteiger partial charge in [-0.1, -0.05) is 12.1 Å². The Bertz CT molecular complexity index is 1820. The molecule has 54 heavy (non-hydrogen) atoms. The van der Waals surface area contributed by atoms with Crippen molar-refractivity contribution in [3.63, 3.8) is 0 Å². The molecule has 3 amide bonds. The van der Waals surface area contributed by atoms with Crippen LogP contribution >= 0.6 is 0 Å². The van der Waals surface area contributed by atoms with Crippen LogP contribution in [0.2, 0.25) is 0 Å². The minimum absolute atomic E-state index is 0.0190. The summed E-state index contributed by atoms with van der Waals surface area (Å²) in [5.74, 6) is -0.289. The lowest BCUT2D eigenvalue weighted by atomic mass is 10.0. The first-order valence-corrected chi connectivity index (χ1v) is 19.9. The number of hydrogen-bond acceptors (Lipinski definition) is 10. The van der Waals surface area contributed by atoms with Crippen LogP contribution in [0.3, 0.4) is 0 Å². The molecule has 1 fully saturated rings. The standard InChI is InChI=1S/C38H53FN6O8S/c1-25-22-45(26(2)23-44-16-19-50-20-17-44)37(46)33-21-31(40-38(47)41-36-28(4)42-53-29(36)5)12-15-34(33)52-27(3)9-7-8-18-51-35(25)24-43(6)54(48,49)32-13-10-30(39)11-14-32/h10-15,21,25-27,35H,7-9,16-20,22-24H2,1-6H3,(H2,40,41,47)/t25-,26+,27+,35+/m1/s1. The van der Waals surface area contributed by atoms with Gasteiger partial charge in [0.2, 0.25) is 10.0 Å². The van der Waals surface area contributed by atoms with Crippen LogP contribution in [-0.2, 0) is 19.5 Å². The van der Waals surface area contributed by atoms with Crippen LogP contribution in [0.4, 0.5) is 20.6 Å². The van der Waals surface area contributed by atoms with E-state index in [1.165, 1.54) is 23.5 Å². The summed E-state index contributed by atoms with van der Waals surface area (Å²) in [4.78, 5) is 32.0. The first kappa shape index (κ1) is 41.1. The highest BCUT2D eigenvalue weighted by Crippen LogP contribution is 2.30. The molecule has 0 aliphatic carbocycles. The van der Waals surface area contributed by atoms with E-state index >= 15 is 0 Å². The molecule has 2 N–H and O–H groups in total. The van der Waals surface area contributed by atoms with Gasteiger partial charge >= 0.3 is 6.03 Å². The normalized spacial score (nSPS) is 21.5. The van der Waals surface area contributed by atoms with Gasteiger partial charge in [0.05, 0.1) is 35.9 Å². The predicted octanol–water partition coefficient (Wildman–Crippen LogP) is 5.53. The maximum absolute atomic E-state index is 14.9. The Morgan fingerprint density at radius 2 is 1.78 bits per heavy atom. The number of benzene rings is 2. The second-order valence-corrected chi connectivity index (χ2v) is 16.3. The summed E-state index contributed by atoms with van der Waals surface area (Å²) >= 11 is 0. The number of ether oxygens (including phenoxy) is 3. The van der Waals surface area contributed by atoms with Crippen LogP contribution in [0.5, 0.6) is 5.75 Å². The predicted molar refractivity (Wildman–Crippen MR) is 202 cm³/mol. The highest BCUT2D eigenvalue weighted by molar-refractivity contribution is 7.89. The van der Waals surface area contributed by atoms with Crippen LogP contribution in [0, 0.1) is 25.6 Å². The maximum Gasteiger partial charge on any atom is 0.323 e. The molecule has 0 unspecified atom stereocenters. The number of hydrogen-bond donors (Lipinski definition) is 2. The molecule has 0 bridgehead atoms. The third kappa shape index (κ3) is 10.6. The van der Waals surface area contributed by atoms with Gasteiger partial charge in [-0.2, -0.15) is 4.31 Å². The summed E-state index contributed by atoms with van der Waals surface area (Å²) in [5, 5.41) is 9.49. The lowest BCUT2D eigenvalue weighted by Gasteiger charge is -2.38. The van der Waals surface area contributed by atoms with Crippen molar-refractivity contribution in [2.75, 3.05) is 70.2 Å². The number of rotatable bonds is 9. The molecule has 3 heterocycles. The van der Waals surface area contributed by atoms with Crippen molar-refractivity contribution in [1.82, 2.24) is 19.3 Å². The number of aryl methyl sites for hydroxylation is 2.